The molecule has 69 heavy (non-hydrogen) atoms. The zero-order valence-electron chi connectivity index (χ0n) is 45.0. The first kappa shape index (κ1) is 64.2. The Morgan fingerprint density at radius 2 is 0.797 bits per heavy atom. The van der Waals surface area contributed by atoms with Gasteiger partial charge in [-0.05, 0) is 25.7 Å². The van der Waals surface area contributed by atoms with Crippen molar-refractivity contribution in [3.63, 3.8) is 0 Å². The second kappa shape index (κ2) is 42.8. The van der Waals surface area contributed by atoms with E-state index >= 15 is 0 Å². The molecule has 402 valence electrons. The zero-order valence-corrected chi connectivity index (χ0v) is 45.0. The number of nitrogens with one attached hydrogen (secondary N) is 2. The van der Waals surface area contributed by atoms with E-state index in [2.05, 4.69) is 31.4 Å². The average molecular weight is 975 g/mol. The van der Waals surface area contributed by atoms with Crippen LogP contribution in [0.5, 0.6) is 0 Å². The summed E-state index contributed by atoms with van der Waals surface area (Å²) in [5, 5.41) is 16.6. The molecule has 2 amide bonds. The Morgan fingerprint density at radius 1 is 0.478 bits per heavy atom. The van der Waals surface area contributed by atoms with E-state index in [9.17, 15) is 33.9 Å². The van der Waals surface area contributed by atoms with Crippen molar-refractivity contribution in [3.8, 4) is 0 Å². The molecule has 1 saturated heterocycles. The lowest BCUT2D eigenvalue weighted by Crippen LogP contribution is -2.71. The van der Waals surface area contributed by atoms with E-state index in [4.69, 9.17) is 10.5 Å². The van der Waals surface area contributed by atoms with Crippen LogP contribution in [-0.4, -0.2) is 64.2 Å². The van der Waals surface area contributed by atoms with Gasteiger partial charge < -0.3 is 20.9 Å². The first-order valence-corrected chi connectivity index (χ1v) is 29.4. The van der Waals surface area contributed by atoms with Crippen molar-refractivity contribution in [2.45, 2.75) is 327 Å². The minimum Gasteiger partial charge on any atom is -0.479 e. The smallest absolute Gasteiger partial charge is 0.336 e. The number of Topliss-reactive ketones (excluding diaryl/α,β-unsaturated/α-hetero) is 2. The molecule has 0 aromatic heterocycles. The molecule has 0 radical (unpaired) electrons. The molecular formula is C58H107N3O8. The Balaban J connectivity index is 2.98. The third-order valence-electron chi connectivity index (χ3n) is 14.8. The Hall–Kier alpha value is -2.82. The molecular weight excluding hydrogens is 867 g/mol. The van der Waals surface area contributed by atoms with Crippen molar-refractivity contribution in [2.75, 3.05) is 6.54 Å². The fourth-order valence-electron chi connectivity index (χ4n) is 10.3. The maximum absolute atomic E-state index is 14.6. The molecule has 1 rings (SSSR count). The molecule has 0 bridgehead atoms. The number of carbonyl (C=O) groups is 6. The lowest BCUT2D eigenvalue weighted by Gasteiger charge is -2.40. The summed E-state index contributed by atoms with van der Waals surface area (Å²) in [6.07, 6.45) is 43.6. The number of unbranched alkanes of at least 4 members (excludes halogenated alkanes) is 36. The fraction of sp³-hybridized carbons (Fsp3) is 0.897. The molecule has 11 heteroatoms. The molecule has 1 unspecified atom stereocenters. The number of rotatable bonds is 51. The summed E-state index contributed by atoms with van der Waals surface area (Å²) in [7, 11) is 0. The summed E-state index contributed by atoms with van der Waals surface area (Å²) >= 11 is 0. The molecule has 3 atom stereocenters. The zero-order chi connectivity index (χ0) is 50.7. The third kappa shape index (κ3) is 28.7. The lowest BCUT2D eigenvalue weighted by molar-refractivity contribution is -0.185. The van der Waals surface area contributed by atoms with E-state index in [1.807, 2.05) is 0 Å². The summed E-state index contributed by atoms with van der Waals surface area (Å²) in [4.78, 5) is 82.0. The number of hydrogen-bond acceptors (Lipinski definition) is 8. The Kier molecular flexibility index (Phi) is 39.8. The molecule has 0 aliphatic carbocycles. The first-order valence-electron chi connectivity index (χ1n) is 29.4. The Morgan fingerprint density at radius 3 is 1.13 bits per heavy atom. The van der Waals surface area contributed by atoms with Gasteiger partial charge in [-0.1, -0.05) is 252 Å². The molecule has 1 heterocycles. The van der Waals surface area contributed by atoms with Crippen LogP contribution in [0.15, 0.2) is 0 Å². The molecule has 5 N–H and O–H groups in total. The van der Waals surface area contributed by atoms with Gasteiger partial charge in [0.1, 0.15) is 6.04 Å². The fourth-order valence-corrected chi connectivity index (χ4v) is 10.3. The van der Waals surface area contributed by atoms with E-state index in [1.54, 1.807) is 0 Å². The minimum absolute atomic E-state index is 0.0222. The van der Waals surface area contributed by atoms with Crippen LogP contribution in [0.25, 0.3) is 0 Å². The third-order valence-corrected chi connectivity index (χ3v) is 14.8. The summed E-state index contributed by atoms with van der Waals surface area (Å²) < 4.78 is 6.14. The van der Waals surface area contributed by atoms with Gasteiger partial charge in [0.05, 0.1) is 0 Å². The number of nitrogens with two attached hydrogens (primary N) is 1. The van der Waals surface area contributed by atoms with Gasteiger partial charge in [-0.3, -0.25) is 24.5 Å². The predicted octanol–water partition coefficient (Wildman–Crippen LogP) is 14.4. The van der Waals surface area contributed by atoms with Crippen molar-refractivity contribution in [2.24, 2.45) is 5.73 Å². The quantitative estimate of drug-likeness (QED) is 0.0262. The second-order valence-electron chi connectivity index (χ2n) is 20.9. The Bertz CT molecular complexity index is 1360. The van der Waals surface area contributed by atoms with Gasteiger partial charge in [-0.25, -0.2) is 9.59 Å². The average Bonchev–Trinajstić information content (AvgIpc) is 3.73. The SMILES string of the molecule is CCCCCCCCCCCCCCCC(=O)N[C@@H](CCC(N)=O)C(=O)OC1(C(=O)CCCCCCCCCCCCCCC)CCN[C@@]1(C(=O)O)C(=O)CCCCCCCCCCCCCCC. The summed E-state index contributed by atoms with van der Waals surface area (Å²) in [6.45, 7) is 6.68. The molecule has 0 saturated carbocycles. The molecule has 1 fully saturated rings. The normalized spacial score (nSPS) is 17.2. The van der Waals surface area contributed by atoms with E-state index in [-0.39, 0.29) is 45.1 Å². The van der Waals surface area contributed by atoms with Crippen molar-refractivity contribution in [1.29, 1.82) is 0 Å². The first-order chi connectivity index (χ1) is 33.5. The topological polar surface area (TPSA) is 182 Å². The largest absolute Gasteiger partial charge is 0.479 e. The number of carboxylic acid groups (broad SMARTS) is 1. The van der Waals surface area contributed by atoms with Gasteiger partial charge in [0.15, 0.2) is 11.6 Å². The van der Waals surface area contributed by atoms with Gasteiger partial charge in [0, 0.05) is 38.6 Å². The number of carboxylic acids is 1. The van der Waals surface area contributed by atoms with Crippen LogP contribution in [0.2, 0.25) is 0 Å². The minimum atomic E-state index is -2.47. The molecule has 0 aromatic carbocycles. The van der Waals surface area contributed by atoms with Crippen LogP contribution < -0.4 is 16.4 Å². The highest BCUT2D eigenvalue weighted by molar-refractivity contribution is 6.16. The van der Waals surface area contributed by atoms with E-state index in [1.165, 1.54) is 161 Å². The van der Waals surface area contributed by atoms with Gasteiger partial charge in [0.25, 0.3) is 0 Å². The maximum Gasteiger partial charge on any atom is 0.336 e. The summed E-state index contributed by atoms with van der Waals surface area (Å²) in [5.41, 5.74) is 0.708. The number of carbonyl (C=O) groups excluding carboxylic acids is 5. The Labute approximate surface area is 422 Å². The molecule has 11 nitrogen and oxygen atoms in total. The number of hydrogen-bond donors (Lipinski definition) is 4. The van der Waals surface area contributed by atoms with Crippen LogP contribution in [0.1, 0.15) is 310 Å². The summed E-state index contributed by atoms with van der Waals surface area (Å²) in [6, 6.07) is -1.35. The lowest BCUT2D eigenvalue weighted by atomic mass is 9.72. The highest BCUT2D eigenvalue weighted by atomic mass is 16.6. The van der Waals surface area contributed by atoms with Crippen LogP contribution in [-0.2, 0) is 33.5 Å². The van der Waals surface area contributed by atoms with Gasteiger partial charge in [0.2, 0.25) is 23.0 Å². The molecule has 0 aromatic rings. The maximum atomic E-state index is 14.6. The van der Waals surface area contributed by atoms with Crippen LogP contribution >= 0.6 is 0 Å². The second-order valence-corrected chi connectivity index (χ2v) is 20.9. The standard InChI is InChI=1S/C58H107N3O8/c1-4-7-10-13-16-19-22-25-28-31-34-37-40-43-51(62)57(48-49-60-58(57,56(67)68)52(63)44-41-38-35-32-29-26-23-20-17-14-11-8-5-2)69-55(66)50(46-47-53(59)64)61-54(65)45-42-39-36-33-30-27-24-21-18-15-12-9-6-3/h50,60H,4-49H2,1-3H3,(H2,59,64)(H,61,65)(H,67,68)/t50-,57?,58+/m0/s1. The van der Waals surface area contributed by atoms with Crippen molar-refractivity contribution >= 4 is 35.3 Å². The number of esters is 1. The summed E-state index contributed by atoms with van der Waals surface area (Å²) in [5.74, 6) is -4.94. The van der Waals surface area contributed by atoms with Gasteiger partial charge in [-0.2, -0.15) is 0 Å². The molecule has 1 aliphatic heterocycles. The van der Waals surface area contributed by atoms with Crippen LogP contribution in [0, 0.1) is 0 Å². The van der Waals surface area contributed by atoms with Crippen molar-refractivity contribution in [1.82, 2.24) is 10.6 Å². The van der Waals surface area contributed by atoms with E-state index in [0.717, 1.165) is 70.6 Å². The number of primary amides is 1. The highest BCUT2D eigenvalue weighted by Crippen LogP contribution is 2.40. The monoisotopic (exact) mass is 974 g/mol. The van der Waals surface area contributed by atoms with E-state index < -0.39 is 52.5 Å². The van der Waals surface area contributed by atoms with Crippen molar-refractivity contribution < 1.29 is 38.6 Å². The molecule has 0 spiro atoms. The highest BCUT2D eigenvalue weighted by Gasteiger charge is 2.70. The predicted molar refractivity (Wildman–Crippen MR) is 283 cm³/mol. The van der Waals surface area contributed by atoms with E-state index in [0.29, 0.717) is 19.3 Å². The number of ether oxygens (including phenoxy) is 1. The number of ketones is 2. The van der Waals surface area contributed by atoms with Crippen LogP contribution in [0.3, 0.4) is 0 Å². The van der Waals surface area contributed by atoms with Crippen molar-refractivity contribution in [3.05, 3.63) is 0 Å². The number of amides is 2. The van der Waals surface area contributed by atoms with Gasteiger partial charge in [-0.15, -0.1) is 0 Å². The van der Waals surface area contributed by atoms with Gasteiger partial charge >= 0.3 is 11.9 Å². The number of aliphatic carboxylic acids is 1. The molecule has 1 aliphatic rings. The van der Waals surface area contributed by atoms with Crippen LogP contribution in [0.4, 0.5) is 0 Å².